The van der Waals surface area contributed by atoms with Gasteiger partial charge >= 0.3 is 0 Å². The van der Waals surface area contributed by atoms with E-state index in [1.807, 2.05) is 4.90 Å². The van der Waals surface area contributed by atoms with Crippen LogP contribution in [0.15, 0.2) is 0 Å². The third-order valence-corrected chi connectivity index (χ3v) is 4.01. The summed E-state index contributed by atoms with van der Waals surface area (Å²) in [5.41, 5.74) is 0.0288. The van der Waals surface area contributed by atoms with Gasteiger partial charge in [0, 0.05) is 31.0 Å². The van der Waals surface area contributed by atoms with E-state index in [1.165, 1.54) is 0 Å². The van der Waals surface area contributed by atoms with E-state index in [0.29, 0.717) is 6.42 Å². The second kappa shape index (κ2) is 4.97. The first-order valence-corrected chi connectivity index (χ1v) is 6.04. The average Bonchev–Trinajstić information content (AvgIpc) is 2.64. The highest BCUT2D eigenvalue weighted by molar-refractivity contribution is 5.79. The van der Waals surface area contributed by atoms with Crippen LogP contribution >= 0.6 is 0 Å². The second-order valence-corrected chi connectivity index (χ2v) is 4.54. The number of amides is 1. The molecule has 0 aromatic carbocycles. The first kappa shape index (κ1) is 12.5. The van der Waals surface area contributed by atoms with Gasteiger partial charge < -0.3 is 10.0 Å². The Morgan fingerprint density at radius 2 is 1.87 bits per heavy atom. The van der Waals surface area contributed by atoms with Gasteiger partial charge in [0.15, 0.2) is 0 Å². The molecule has 1 unspecified atom stereocenters. The van der Waals surface area contributed by atoms with Gasteiger partial charge in [0.05, 0.1) is 0 Å². The monoisotopic (exact) mass is 213 g/mol. The summed E-state index contributed by atoms with van der Waals surface area (Å²) in [5, 5.41) is 9.11. The van der Waals surface area contributed by atoms with Crippen molar-refractivity contribution in [1.82, 2.24) is 4.90 Å². The van der Waals surface area contributed by atoms with Crippen LogP contribution in [0.2, 0.25) is 0 Å². The molecule has 1 aliphatic rings. The molecule has 1 atom stereocenters. The van der Waals surface area contributed by atoms with E-state index < -0.39 is 0 Å². The van der Waals surface area contributed by atoms with E-state index in [4.69, 9.17) is 5.11 Å². The van der Waals surface area contributed by atoms with Crippen molar-refractivity contribution < 1.29 is 9.90 Å². The molecule has 0 saturated carbocycles. The highest BCUT2D eigenvalue weighted by Crippen LogP contribution is 2.33. The molecule has 0 aliphatic carbocycles. The Balaban J connectivity index is 2.81. The van der Waals surface area contributed by atoms with Crippen LogP contribution in [0.1, 0.15) is 46.5 Å². The van der Waals surface area contributed by atoms with Gasteiger partial charge in [-0.2, -0.15) is 0 Å². The minimum atomic E-state index is 0.0288. The molecular weight excluding hydrogens is 190 g/mol. The highest BCUT2D eigenvalue weighted by atomic mass is 16.3. The van der Waals surface area contributed by atoms with E-state index in [1.54, 1.807) is 0 Å². The highest BCUT2D eigenvalue weighted by Gasteiger charge is 2.40. The number of carbonyl (C=O) groups is 1. The molecule has 1 fully saturated rings. The fourth-order valence-electron chi connectivity index (χ4n) is 2.68. The van der Waals surface area contributed by atoms with Gasteiger partial charge in [-0.25, -0.2) is 0 Å². The molecule has 0 aromatic heterocycles. The number of carbonyl (C=O) groups excluding carboxylic acids is 1. The Hall–Kier alpha value is -0.570. The van der Waals surface area contributed by atoms with Crippen molar-refractivity contribution in [1.29, 1.82) is 0 Å². The summed E-state index contributed by atoms with van der Waals surface area (Å²) in [4.78, 5) is 13.9. The minimum absolute atomic E-state index is 0.0288. The first-order valence-electron chi connectivity index (χ1n) is 6.04. The van der Waals surface area contributed by atoms with Crippen molar-refractivity contribution in [2.24, 2.45) is 5.92 Å². The molecule has 0 bridgehead atoms. The lowest BCUT2D eigenvalue weighted by atomic mass is 9.88. The maximum Gasteiger partial charge on any atom is 0.223 e. The SMILES string of the molecule is CCC(CC)(CC)N1CC(CO)CC1=O. The summed E-state index contributed by atoms with van der Waals surface area (Å²) in [6.45, 7) is 7.31. The smallest absolute Gasteiger partial charge is 0.223 e. The van der Waals surface area contributed by atoms with Gasteiger partial charge in [0.1, 0.15) is 0 Å². The molecule has 1 N–H and O–H groups in total. The number of hydrogen-bond donors (Lipinski definition) is 1. The fraction of sp³-hybridized carbons (Fsp3) is 0.917. The molecular formula is C12H23NO2. The van der Waals surface area contributed by atoms with Gasteiger partial charge in [-0.05, 0) is 19.3 Å². The molecule has 1 saturated heterocycles. The maximum atomic E-state index is 11.9. The van der Waals surface area contributed by atoms with Gasteiger partial charge in [0.2, 0.25) is 5.91 Å². The summed E-state index contributed by atoms with van der Waals surface area (Å²) in [7, 11) is 0. The average molecular weight is 213 g/mol. The normalized spacial score (nSPS) is 22.5. The van der Waals surface area contributed by atoms with E-state index in [0.717, 1.165) is 25.8 Å². The van der Waals surface area contributed by atoms with Gasteiger partial charge in [-0.1, -0.05) is 20.8 Å². The van der Waals surface area contributed by atoms with Crippen LogP contribution in [0.3, 0.4) is 0 Å². The molecule has 0 radical (unpaired) electrons. The molecule has 1 aliphatic heterocycles. The van der Waals surface area contributed by atoms with E-state index in [-0.39, 0.29) is 24.0 Å². The van der Waals surface area contributed by atoms with Crippen LogP contribution in [0, 0.1) is 5.92 Å². The van der Waals surface area contributed by atoms with Crippen LogP contribution in [0.4, 0.5) is 0 Å². The molecule has 0 aromatic rings. The zero-order valence-corrected chi connectivity index (χ0v) is 10.1. The summed E-state index contributed by atoms with van der Waals surface area (Å²) in [6.07, 6.45) is 3.54. The summed E-state index contributed by atoms with van der Waals surface area (Å²) >= 11 is 0. The van der Waals surface area contributed by atoms with Gasteiger partial charge in [-0.3, -0.25) is 4.79 Å². The lowest BCUT2D eigenvalue weighted by Gasteiger charge is -2.40. The fourth-order valence-corrected chi connectivity index (χ4v) is 2.68. The van der Waals surface area contributed by atoms with Crippen molar-refractivity contribution in [2.45, 2.75) is 52.0 Å². The first-order chi connectivity index (χ1) is 7.13. The van der Waals surface area contributed by atoms with Gasteiger partial charge in [0.25, 0.3) is 0 Å². The molecule has 1 amide bonds. The van der Waals surface area contributed by atoms with Crippen LogP contribution in [-0.4, -0.2) is 34.6 Å². The lowest BCUT2D eigenvalue weighted by Crippen LogP contribution is -2.48. The van der Waals surface area contributed by atoms with Crippen molar-refractivity contribution in [3.63, 3.8) is 0 Å². The number of aliphatic hydroxyl groups excluding tert-OH is 1. The summed E-state index contributed by atoms with van der Waals surface area (Å²) in [6, 6.07) is 0. The Morgan fingerprint density at radius 1 is 1.33 bits per heavy atom. The predicted octanol–water partition coefficient (Wildman–Crippen LogP) is 1.80. The van der Waals surface area contributed by atoms with Crippen LogP contribution in [-0.2, 0) is 4.79 Å². The van der Waals surface area contributed by atoms with Crippen molar-refractivity contribution in [3.05, 3.63) is 0 Å². The standard InChI is InChI=1S/C12H23NO2/c1-4-12(5-2,6-3)13-8-10(9-14)7-11(13)15/h10,14H,4-9H2,1-3H3. The van der Waals surface area contributed by atoms with Crippen molar-refractivity contribution in [2.75, 3.05) is 13.2 Å². The molecule has 1 rings (SSSR count). The molecule has 88 valence electrons. The molecule has 1 heterocycles. The Bertz CT molecular complexity index is 215. The Morgan fingerprint density at radius 3 is 2.20 bits per heavy atom. The minimum Gasteiger partial charge on any atom is -0.396 e. The largest absolute Gasteiger partial charge is 0.396 e. The molecule has 15 heavy (non-hydrogen) atoms. The maximum absolute atomic E-state index is 11.9. The summed E-state index contributed by atoms with van der Waals surface area (Å²) in [5.74, 6) is 0.376. The topological polar surface area (TPSA) is 40.5 Å². The van der Waals surface area contributed by atoms with E-state index in [9.17, 15) is 4.79 Å². The number of rotatable bonds is 5. The number of aliphatic hydroxyl groups is 1. The van der Waals surface area contributed by atoms with Crippen molar-refractivity contribution >= 4 is 5.91 Å². The zero-order valence-electron chi connectivity index (χ0n) is 10.1. The van der Waals surface area contributed by atoms with E-state index >= 15 is 0 Å². The Kier molecular flexibility index (Phi) is 4.14. The lowest BCUT2D eigenvalue weighted by molar-refractivity contribution is -0.133. The third kappa shape index (κ3) is 2.17. The zero-order chi connectivity index (χ0) is 11.5. The number of hydrogen-bond acceptors (Lipinski definition) is 2. The van der Waals surface area contributed by atoms with E-state index in [2.05, 4.69) is 20.8 Å². The molecule has 3 nitrogen and oxygen atoms in total. The number of nitrogens with zero attached hydrogens (tertiary/aromatic N) is 1. The van der Waals surface area contributed by atoms with Crippen LogP contribution in [0.25, 0.3) is 0 Å². The van der Waals surface area contributed by atoms with Crippen LogP contribution < -0.4 is 0 Å². The predicted molar refractivity (Wildman–Crippen MR) is 60.5 cm³/mol. The van der Waals surface area contributed by atoms with Crippen molar-refractivity contribution in [3.8, 4) is 0 Å². The summed E-state index contributed by atoms with van der Waals surface area (Å²) < 4.78 is 0. The van der Waals surface area contributed by atoms with Crippen LogP contribution in [0.5, 0.6) is 0 Å². The quantitative estimate of drug-likeness (QED) is 0.756. The third-order valence-electron chi connectivity index (χ3n) is 4.01. The molecule has 0 spiro atoms. The second-order valence-electron chi connectivity index (χ2n) is 4.54. The molecule has 3 heteroatoms. The number of likely N-dealkylation sites (tertiary alicyclic amines) is 1. The van der Waals surface area contributed by atoms with Gasteiger partial charge in [-0.15, -0.1) is 0 Å². The Labute approximate surface area is 92.5 Å².